The zero-order valence-electron chi connectivity index (χ0n) is 10.1. The Morgan fingerprint density at radius 1 is 1.41 bits per heavy atom. The van der Waals surface area contributed by atoms with Gasteiger partial charge in [-0.15, -0.1) is 10.2 Å². The van der Waals surface area contributed by atoms with Crippen molar-refractivity contribution in [3.63, 3.8) is 0 Å². The van der Waals surface area contributed by atoms with Gasteiger partial charge < -0.3 is 10.7 Å². The average Bonchev–Trinajstić information content (AvgIpc) is 2.93. The highest BCUT2D eigenvalue weighted by Gasteiger charge is 2.25. The molecule has 1 aliphatic heterocycles. The second kappa shape index (κ2) is 4.95. The lowest BCUT2D eigenvalue weighted by atomic mass is 10.4. The van der Waals surface area contributed by atoms with E-state index in [1.54, 1.807) is 6.92 Å². The summed E-state index contributed by atoms with van der Waals surface area (Å²) in [5.41, 5.74) is 0. The molecule has 1 aromatic rings. The lowest BCUT2D eigenvalue weighted by Crippen LogP contribution is -2.34. The molecular formula is C10H17N5OS. The van der Waals surface area contributed by atoms with Gasteiger partial charge in [0.2, 0.25) is 11.1 Å². The standard InChI is InChI=1S/C10H17N5OS/c1-7(9(16)14-5-3-4-6-14)17-10-13-12-8(2)15(10)11/h7H,3-6,11H2,1-2H3/t7-/m1/s1. The van der Waals surface area contributed by atoms with E-state index in [0.29, 0.717) is 11.0 Å². The van der Waals surface area contributed by atoms with Crippen molar-refractivity contribution in [2.45, 2.75) is 37.1 Å². The number of aromatic nitrogens is 3. The fraction of sp³-hybridized carbons (Fsp3) is 0.700. The quantitative estimate of drug-likeness (QED) is 0.625. The first-order valence-corrected chi connectivity index (χ1v) is 6.60. The van der Waals surface area contributed by atoms with Crippen LogP contribution in [0.5, 0.6) is 0 Å². The van der Waals surface area contributed by atoms with Crippen molar-refractivity contribution >= 4 is 17.7 Å². The highest BCUT2D eigenvalue weighted by atomic mass is 32.2. The molecular weight excluding hydrogens is 238 g/mol. The van der Waals surface area contributed by atoms with Crippen LogP contribution in [0.4, 0.5) is 0 Å². The molecule has 1 aromatic heterocycles. The number of rotatable bonds is 3. The molecule has 0 saturated carbocycles. The molecule has 7 heteroatoms. The van der Waals surface area contributed by atoms with Crippen LogP contribution in [0.25, 0.3) is 0 Å². The maximum Gasteiger partial charge on any atom is 0.235 e. The summed E-state index contributed by atoms with van der Waals surface area (Å²) in [7, 11) is 0. The summed E-state index contributed by atoms with van der Waals surface area (Å²) in [6.07, 6.45) is 2.21. The highest BCUT2D eigenvalue weighted by Crippen LogP contribution is 2.23. The summed E-state index contributed by atoms with van der Waals surface area (Å²) >= 11 is 1.36. The average molecular weight is 255 g/mol. The molecule has 0 aliphatic carbocycles. The number of nitrogens with zero attached hydrogens (tertiary/aromatic N) is 4. The SMILES string of the molecule is Cc1nnc(S[C@H](C)C(=O)N2CCCC2)n1N. The van der Waals surface area contributed by atoms with Crippen molar-refractivity contribution in [2.24, 2.45) is 0 Å². The first kappa shape index (κ1) is 12.2. The van der Waals surface area contributed by atoms with Crippen molar-refractivity contribution in [2.75, 3.05) is 18.9 Å². The zero-order chi connectivity index (χ0) is 12.4. The smallest absolute Gasteiger partial charge is 0.235 e. The number of hydrogen-bond acceptors (Lipinski definition) is 5. The Kier molecular flexibility index (Phi) is 3.56. The highest BCUT2D eigenvalue weighted by molar-refractivity contribution is 8.00. The van der Waals surface area contributed by atoms with Gasteiger partial charge >= 0.3 is 0 Å². The third-order valence-corrected chi connectivity index (χ3v) is 3.93. The predicted molar refractivity (Wildman–Crippen MR) is 66.0 cm³/mol. The van der Waals surface area contributed by atoms with Crippen LogP contribution in [-0.4, -0.2) is 44.0 Å². The van der Waals surface area contributed by atoms with Gasteiger partial charge in [0.05, 0.1) is 5.25 Å². The van der Waals surface area contributed by atoms with E-state index in [0.717, 1.165) is 25.9 Å². The maximum absolute atomic E-state index is 12.1. The summed E-state index contributed by atoms with van der Waals surface area (Å²) < 4.78 is 1.42. The van der Waals surface area contributed by atoms with Crippen LogP contribution in [0.3, 0.4) is 0 Å². The van der Waals surface area contributed by atoms with E-state index in [1.807, 2.05) is 11.8 Å². The van der Waals surface area contributed by atoms with E-state index in [2.05, 4.69) is 10.2 Å². The molecule has 0 bridgehead atoms. The van der Waals surface area contributed by atoms with Crippen LogP contribution in [0.1, 0.15) is 25.6 Å². The Labute approximate surface area is 105 Å². The summed E-state index contributed by atoms with van der Waals surface area (Å²) in [6.45, 7) is 5.41. The van der Waals surface area contributed by atoms with Crippen LogP contribution in [-0.2, 0) is 4.79 Å². The van der Waals surface area contributed by atoms with Crippen molar-refractivity contribution in [3.05, 3.63) is 5.82 Å². The minimum Gasteiger partial charge on any atom is -0.342 e. The molecule has 0 radical (unpaired) electrons. The second-order valence-electron chi connectivity index (χ2n) is 4.19. The Morgan fingerprint density at radius 2 is 2.06 bits per heavy atom. The van der Waals surface area contributed by atoms with Crippen molar-refractivity contribution < 1.29 is 4.79 Å². The number of hydrogen-bond donors (Lipinski definition) is 1. The van der Waals surface area contributed by atoms with Gasteiger partial charge in [-0.2, -0.15) is 0 Å². The molecule has 1 amide bonds. The van der Waals surface area contributed by atoms with Crippen LogP contribution < -0.4 is 5.84 Å². The lowest BCUT2D eigenvalue weighted by Gasteiger charge is -2.19. The van der Waals surface area contributed by atoms with Gasteiger partial charge in [0.1, 0.15) is 5.82 Å². The van der Waals surface area contributed by atoms with Crippen LogP contribution >= 0.6 is 11.8 Å². The van der Waals surface area contributed by atoms with E-state index in [-0.39, 0.29) is 11.2 Å². The minimum atomic E-state index is -0.168. The van der Waals surface area contributed by atoms with Gasteiger partial charge in [-0.1, -0.05) is 11.8 Å². The number of nitrogens with two attached hydrogens (primary N) is 1. The number of likely N-dealkylation sites (tertiary alicyclic amines) is 1. The minimum absolute atomic E-state index is 0.160. The molecule has 0 aromatic carbocycles. The monoisotopic (exact) mass is 255 g/mol. The molecule has 6 nitrogen and oxygen atoms in total. The molecule has 0 unspecified atom stereocenters. The molecule has 1 aliphatic rings. The van der Waals surface area contributed by atoms with Crippen molar-refractivity contribution in [1.82, 2.24) is 19.8 Å². The fourth-order valence-corrected chi connectivity index (χ4v) is 2.73. The first-order valence-electron chi connectivity index (χ1n) is 5.72. The molecule has 17 heavy (non-hydrogen) atoms. The number of nitrogen functional groups attached to an aromatic ring is 1. The van der Waals surface area contributed by atoms with E-state index in [4.69, 9.17) is 5.84 Å². The summed E-state index contributed by atoms with van der Waals surface area (Å²) in [6, 6.07) is 0. The number of carbonyl (C=O) groups excluding carboxylic acids is 1. The second-order valence-corrected chi connectivity index (χ2v) is 5.50. The number of amides is 1. The third kappa shape index (κ3) is 2.54. The van der Waals surface area contributed by atoms with E-state index >= 15 is 0 Å². The number of carbonyl (C=O) groups is 1. The summed E-state index contributed by atoms with van der Waals surface area (Å²) in [5, 5.41) is 8.23. The Morgan fingerprint density at radius 3 is 2.59 bits per heavy atom. The topological polar surface area (TPSA) is 77.0 Å². The van der Waals surface area contributed by atoms with E-state index in [1.165, 1.54) is 16.4 Å². The molecule has 94 valence electrons. The van der Waals surface area contributed by atoms with Gasteiger partial charge in [-0.3, -0.25) is 4.79 Å². The molecule has 1 atom stereocenters. The normalized spacial score (nSPS) is 17.4. The van der Waals surface area contributed by atoms with Gasteiger partial charge in [0.15, 0.2) is 0 Å². The van der Waals surface area contributed by atoms with E-state index in [9.17, 15) is 4.79 Å². The predicted octanol–water partition coefficient (Wildman–Crippen LogP) is 0.403. The molecule has 2 heterocycles. The summed E-state index contributed by atoms with van der Waals surface area (Å²) in [4.78, 5) is 14.0. The third-order valence-electron chi connectivity index (χ3n) is 2.88. The lowest BCUT2D eigenvalue weighted by molar-refractivity contribution is -0.129. The molecule has 2 rings (SSSR count). The van der Waals surface area contributed by atoms with Crippen LogP contribution in [0, 0.1) is 6.92 Å². The van der Waals surface area contributed by atoms with Gasteiger partial charge in [0, 0.05) is 13.1 Å². The van der Waals surface area contributed by atoms with Crippen LogP contribution in [0.2, 0.25) is 0 Å². The largest absolute Gasteiger partial charge is 0.342 e. The zero-order valence-corrected chi connectivity index (χ0v) is 10.9. The molecule has 1 saturated heterocycles. The number of thioether (sulfide) groups is 1. The van der Waals surface area contributed by atoms with Gasteiger partial charge in [-0.05, 0) is 26.7 Å². The van der Waals surface area contributed by atoms with E-state index < -0.39 is 0 Å². The fourth-order valence-electron chi connectivity index (χ4n) is 1.83. The molecule has 1 fully saturated rings. The molecule has 0 spiro atoms. The van der Waals surface area contributed by atoms with Gasteiger partial charge in [0.25, 0.3) is 0 Å². The Bertz CT molecular complexity index is 413. The van der Waals surface area contributed by atoms with Crippen LogP contribution in [0.15, 0.2) is 5.16 Å². The number of aryl methyl sites for hydroxylation is 1. The van der Waals surface area contributed by atoms with Crippen molar-refractivity contribution in [3.8, 4) is 0 Å². The first-order chi connectivity index (χ1) is 8.09. The van der Waals surface area contributed by atoms with Gasteiger partial charge in [-0.25, -0.2) is 4.68 Å². The van der Waals surface area contributed by atoms with Crippen molar-refractivity contribution in [1.29, 1.82) is 0 Å². The Balaban J connectivity index is 1.98. The molecule has 2 N–H and O–H groups in total. The summed E-state index contributed by atoms with van der Waals surface area (Å²) in [5.74, 6) is 6.56. The maximum atomic E-state index is 12.1. The Hall–Kier alpha value is -1.24.